The van der Waals surface area contributed by atoms with Gasteiger partial charge in [0.2, 0.25) is 5.91 Å². The number of carbonyl (C=O) groups excluding carboxylic acids is 1. The van der Waals surface area contributed by atoms with Gasteiger partial charge in [0.25, 0.3) is 0 Å². The van der Waals surface area contributed by atoms with Crippen molar-refractivity contribution in [2.75, 3.05) is 0 Å². The average molecular weight is 344 g/mol. The van der Waals surface area contributed by atoms with Crippen LogP contribution in [-0.4, -0.2) is 22.0 Å². The Labute approximate surface area is 144 Å². The standard InChI is InChI=1S/C18H20N2O3S/c1-12-14(24-16(20-12)13-6-3-2-4-7-13)11-19-15(21)10-18(17(22)23)8-5-9-18/h2-4,6-7H,5,8-11H2,1H3,(H,19,21)(H,22,23). The summed E-state index contributed by atoms with van der Waals surface area (Å²) < 4.78 is 0. The summed E-state index contributed by atoms with van der Waals surface area (Å²) in [5, 5.41) is 13.1. The first-order valence-electron chi connectivity index (χ1n) is 8.02. The summed E-state index contributed by atoms with van der Waals surface area (Å²) in [7, 11) is 0. The number of amides is 1. The minimum atomic E-state index is -0.857. The minimum absolute atomic E-state index is 0.0612. The Bertz CT molecular complexity index is 751. The number of carboxylic acids is 1. The third-order valence-electron chi connectivity index (χ3n) is 4.62. The normalized spacial score (nSPS) is 15.5. The number of hydrogen-bond acceptors (Lipinski definition) is 4. The lowest BCUT2D eigenvalue weighted by atomic mass is 9.66. The van der Waals surface area contributed by atoms with Gasteiger partial charge in [0.15, 0.2) is 0 Å². The maximum Gasteiger partial charge on any atom is 0.310 e. The van der Waals surface area contributed by atoms with Crippen LogP contribution < -0.4 is 5.32 Å². The molecule has 2 N–H and O–H groups in total. The van der Waals surface area contributed by atoms with Gasteiger partial charge in [0.1, 0.15) is 5.01 Å². The largest absolute Gasteiger partial charge is 0.481 e. The zero-order valence-corrected chi connectivity index (χ0v) is 14.4. The predicted octanol–water partition coefficient (Wildman–Crippen LogP) is 3.38. The number of hydrogen-bond donors (Lipinski definition) is 2. The van der Waals surface area contributed by atoms with Gasteiger partial charge in [0.05, 0.1) is 17.7 Å². The number of thiazole rings is 1. The fourth-order valence-corrected chi connectivity index (χ4v) is 3.92. The molecule has 1 fully saturated rings. The Hall–Kier alpha value is -2.21. The van der Waals surface area contributed by atoms with E-state index in [9.17, 15) is 14.7 Å². The van der Waals surface area contributed by atoms with Crippen LogP contribution in [0.4, 0.5) is 0 Å². The maximum atomic E-state index is 12.1. The van der Waals surface area contributed by atoms with Gasteiger partial charge in [0, 0.05) is 16.9 Å². The lowest BCUT2D eigenvalue weighted by Gasteiger charge is -2.36. The SMILES string of the molecule is Cc1nc(-c2ccccc2)sc1CNC(=O)CC1(C(=O)O)CCC1. The Kier molecular flexibility index (Phi) is 4.66. The fourth-order valence-electron chi connectivity index (χ4n) is 2.91. The molecule has 1 amide bonds. The molecule has 0 atom stereocenters. The predicted molar refractivity (Wildman–Crippen MR) is 92.7 cm³/mol. The van der Waals surface area contributed by atoms with E-state index in [1.165, 1.54) is 0 Å². The van der Waals surface area contributed by atoms with Crippen molar-refractivity contribution in [1.29, 1.82) is 0 Å². The summed E-state index contributed by atoms with van der Waals surface area (Å²) in [6.07, 6.45) is 2.13. The van der Waals surface area contributed by atoms with E-state index in [0.717, 1.165) is 27.6 Å². The molecule has 1 aliphatic carbocycles. The lowest BCUT2D eigenvalue weighted by Crippen LogP contribution is -2.42. The van der Waals surface area contributed by atoms with Gasteiger partial charge in [-0.15, -0.1) is 11.3 Å². The van der Waals surface area contributed by atoms with Crippen molar-refractivity contribution in [3.05, 3.63) is 40.9 Å². The minimum Gasteiger partial charge on any atom is -0.481 e. The highest BCUT2D eigenvalue weighted by molar-refractivity contribution is 7.15. The Morgan fingerprint density at radius 1 is 1.29 bits per heavy atom. The highest BCUT2D eigenvalue weighted by Gasteiger charge is 2.45. The van der Waals surface area contributed by atoms with Crippen LogP contribution in [-0.2, 0) is 16.1 Å². The van der Waals surface area contributed by atoms with Crippen LogP contribution in [0.25, 0.3) is 10.6 Å². The molecule has 6 heteroatoms. The first-order valence-corrected chi connectivity index (χ1v) is 8.84. The van der Waals surface area contributed by atoms with Crippen LogP contribution in [0.15, 0.2) is 30.3 Å². The molecule has 126 valence electrons. The monoisotopic (exact) mass is 344 g/mol. The molecule has 0 bridgehead atoms. The van der Waals surface area contributed by atoms with Gasteiger partial charge in [-0.05, 0) is 19.8 Å². The summed E-state index contributed by atoms with van der Waals surface area (Å²) in [6.45, 7) is 2.32. The van der Waals surface area contributed by atoms with E-state index in [1.807, 2.05) is 37.3 Å². The molecule has 0 unspecified atom stereocenters. The van der Waals surface area contributed by atoms with E-state index in [-0.39, 0.29) is 12.3 Å². The van der Waals surface area contributed by atoms with Crippen molar-refractivity contribution in [1.82, 2.24) is 10.3 Å². The van der Waals surface area contributed by atoms with Crippen molar-refractivity contribution in [3.8, 4) is 10.6 Å². The van der Waals surface area contributed by atoms with Crippen LogP contribution in [0.5, 0.6) is 0 Å². The zero-order valence-electron chi connectivity index (χ0n) is 13.5. The number of nitrogens with one attached hydrogen (secondary N) is 1. The van der Waals surface area contributed by atoms with Gasteiger partial charge in [-0.25, -0.2) is 4.98 Å². The van der Waals surface area contributed by atoms with Crippen molar-refractivity contribution < 1.29 is 14.7 Å². The summed E-state index contributed by atoms with van der Waals surface area (Å²) in [4.78, 5) is 29.0. The number of carbonyl (C=O) groups is 2. The molecular weight excluding hydrogens is 324 g/mol. The van der Waals surface area contributed by atoms with Gasteiger partial charge in [-0.3, -0.25) is 9.59 Å². The summed E-state index contributed by atoms with van der Waals surface area (Å²) >= 11 is 1.56. The molecule has 1 aromatic carbocycles. The van der Waals surface area contributed by atoms with E-state index in [0.29, 0.717) is 19.4 Å². The average Bonchev–Trinajstić information content (AvgIpc) is 2.90. The van der Waals surface area contributed by atoms with Crippen LogP contribution in [0, 0.1) is 12.3 Å². The summed E-state index contributed by atoms with van der Waals surface area (Å²) in [5.74, 6) is -1.06. The van der Waals surface area contributed by atoms with Crippen molar-refractivity contribution in [2.45, 2.75) is 39.2 Å². The van der Waals surface area contributed by atoms with Gasteiger partial charge in [-0.1, -0.05) is 36.8 Å². The molecule has 1 saturated carbocycles. The third kappa shape index (κ3) is 3.33. The number of carboxylic acid groups (broad SMARTS) is 1. The molecule has 1 aromatic heterocycles. The molecule has 0 saturated heterocycles. The molecule has 2 aromatic rings. The molecule has 0 radical (unpaired) electrons. The number of aliphatic carboxylic acids is 1. The molecule has 1 heterocycles. The molecule has 3 rings (SSSR count). The van der Waals surface area contributed by atoms with Crippen molar-refractivity contribution >= 4 is 23.2 Å². The van der Waals surface area contributed by atoms with Crippen molar-refractivity contribution in [2.24, 2.45) is 5.41 Å². The number of benzene rings is 1. The number of aromatic nitrogens is 1. The van der Waals surface area contributed by atoms with E-state index in [4.69, 9.17) is 0 Å². The van der Waals surface area contributed by atoms with Gasteiger partial charge < -0.3 is 10.4 Å². The molecular formula is C18H20N2O3S. The van der Waals surface area contributed by atoms with E-state index in [2.05, 4.69) is 10.3 Å². The van der Waals surface area contributed by atoms with Crippen LogP contribution in [0.3, 0.4) is 0 Å². The van der Waals surface area contributed by atoms with Gasteiger partial charge in [-0.2, -0.15) is 0 Å². The third-order valence-corrected chi connectivity index (χ3v) is 5.83. The van der Waals surface area contributed by atoms with Crippen LogP contribution in [0.1, 0.15) is 36.3 Å². The molecule has 0 spiro atoms. The highest BCUT2D eigenvalue weighted by atomic mass is 32.1. The quantitative estimate of drug-likeness (QED) is 0.842. The number of nitrogens with zero attached hydrogens (tertiary/aromatic N) is 1. The van der Waals surface area contributed by atoms with E-state index >= 15 is 0 Å². The molecule has 1 aliphatic rings. The van der Waals surface area contributed by atoms with Crippen molar-refractivity contribution in [3.63, 3.8) is 0 Å². The smallest absolute Gasteiger partial charge is 0.310 e. The Morgan fingerprint density at radius 2 is 2.00 bits per heavy atom. The topological polar surface area (TPSA) is 79.3 Å². The second kappa shape index (κ2) is 6.73. The zero-order chi connectivity index (χ0) is 17.2. The van der Waals surface area contributed by atoms with E-state index in [1.54, 1.807) is 11.3 Å². The first kappa shape index (κ1) is 16.6. The van der Waals surface area contributed by atoms with Crippen LogP contribution >= 0.6 is 11.3 Å². The fraction of sp³-hybridized carbons (Fsp3) is 0.389. The Morgan fingerprint density at radius 3 is 2.58 bits per heavy atom. The Balaban J connectivity index is 1.62. The molecule has 5 nitrogen and oxygen atoms in total. The molecule has 24 heavy (non-hydrogen) atoms. The lowest BCUT2D eigenvalue weighted by molar-refractivity contribution is -0.157. The summed E-state index contributed by atoms with van der Waals surface area (Å²) in [6, 6.07) is 9.92. The highest BCUT2D eigenvalue weighted by Crippen LogP contribution is 2.44. The van der Waals surface area contributed by atoms with E-state index < -0.39 is 11.4 Å². The molecule has 0 aliphatic heterocycles. The van der Waals surface area contributed by atoms with Gasteiger partial charge >= 0.3 is 5.97 Å². The second-order valence-electron chi connectivity index (χ2n) is 6.29. The first-order chi connectivity index (χ1) is 11.5. The number of aryl methyl sites for hydroxylation is 1. The second-order valence-corrected chi connectivity index (χ2v) is 7.37. The maximum absolute atomic E-state index is 12.1. The van der Waals surface area contributed by atoms with Crippen LogP contribution in [0.2, 0.25) is 0 Å². The number of rotatable bonds is 6. The summed E-state index contributed by atoms with van der Waals surface area (Å²) in [5.41, 5.74) is 1.11.